The maximum atomic E-state index is 12.0. The Labute approximate surface area is 119 Å². The van der Waals surface area contributed by atoms with Crippen LogP contribution in [-0.4, -0.2) is 18.5 Å². The summed E-state index contributed by atoms with van der Waals surface area (Å²) in [6, 6.07) is 5.54. The van der Waals surface area contributed by atoms with Gasteiger partial charge in [-0.05, 0) is 44.0 Å². The largest absolute Gasteiger partial charge is 0.323 e. The lowest BCUT2D eigenvalue weighted by Crippen LogP contribution is -2.43. The van der Waals surface area contributed by atoms with Crippen molar-refractivity contribution in [2.24, 2.45) is 0 Å². The average molecular weight is 289 g/mol. The number of anilines is 1. The van der Waals surface area contributed by atoms with Crippen LogP contribution in [0.3, 0.4) is 0 Å². The molecule has 1 aliphatic rings. The normalized spacial score (nSPS) is 18.9. The molecule has 0 aromatic heterocycles. The molecule has 0 bridgehead atoms. The lowest BCUT2D eigenvalue weighted by Gasteiger charge is -2.22. The predicted molar refractivity (Wildman–Crippen MR) is 77.7 cm³/mol. The standard InChI is InChI=1S/C13H17ClN2O.ClH/c1-9-5-6-10(14)12(8-9)16-13(17)11-4-2-3-7-15-11;/h5-6,8,11,15H,2-4,7H2,1H3,(H,16,17);1H. The van der Waals surface area contributed by atoms with E-state index in [4.69, 9.17) is 11.6 Å². The van der Waals surface area contributed by atoms with E-state index in [1.807, 2.05) is 19.1 Å². The van der Waals surface area contributed by atoms with Crippen molar-refractivity contribution in [2.75, 3.05) is 11.9 Å². The highest BCUT2D eigenvalue weighted by Crippen LogP contribution is 2.23. The zero-order valence-corrected chi connectivity index (χ0v) is 11.9. The highest BCUT2D eigenvalue weighted by molar-refractivity contribution is 6.33. The highest BCUT2D eigenvalue weighted by Gasteiger charge is 2.20. The Morgan fingerprint density at radius 3 is 2.89 bits per heavy atom. The van der Waals surface area contributed by atoms with Gasteiger partial charge in [-0.25, -0.2) is 0 Å². The second kappa shape index (κ2) is 6.98. The number of benzene rings is 1. The number of carbonyl (C=O) groups excluding carboxylic acids is 1. The fourth-order valence-corrected chi connectivity index (χ4v) is 2.20. The molecule has 1 saturated heterocycles. The van der Waals surface area contributed by atoms with E-state index in [0.717, 1.165) is 31.4 Å². The number of nitrogens with one attached hydrogen (secondary N) is 2. The molecule has 100 valence electrons. The summed E-state index contributed by atoms with van der Waals surface area (Å²) in [6.07, 6.45) is 3.15. The first-order chi connectivity index (χ1) is 8.16. The Morgan fingerprint density at radius 2 is 2.22 bits per heavy atom. The van der Waals surface area contributed by atoms with Crippen molar-refractivity contribution in [1.82, 2.24) is 5.32 Å². The van der Waals surface area contributed by atoms with Crippen LogP contribution in [0, 0.1) is 6.92 Å². The first-order valence-electron chi connectivity index (χ1n) is 5.97. The van der Waals surface area contributed by atoms with Crippen LogP contribution in [-0.2, 0) is 4.79 Å². The number of hydrogen-bond acceptors (Lipinski definition) is 2. The van der Waals surface area contributed by atoms with Crippen LogP contribution in [0.2, 0.25) is 5.02 Å². The number of rotatable bonds is 2. The highest BCUT2D eigenvalue weighted by atomic mass is 35.5. The summed E-state index contributed by atoms with van der Waals surface area (Å²) < 4.78 is 0. The van der Waals surface area contributed by atoms with Crippen molar-refractivity contribution in [3.8, 4) is 0 Å². The third kappa shape index (κ3) is 3.87. The van der Waals surface area contributed by atoms with E-state index in [0.29, 0.717) is 10.7 Å². The van der Waals surface area contributed by atoms with Gasteiger partial charge in [-0.3, -0.25) is 4.79 Å². The van der Waals surface area contributed by atoms with Gasteiger partial charge in [0.2, 0.25) is 5.91 Å². The molecule has 1 aliphatic heterocycles. The molecular weight excluding hydrogens is 271 g/mol. The molecule has 2 rings (SSSR count). The molecular formula is C13H18Cl2N2O. The molecule has 2 N–H and O–H groups in total. The van der Waals surface area contributed by atoms with Gasteiger partial charge in [-0.2, -0.15) is 0 Å². The van der Waals surface area contributed by atoms with Gasteiger partial charge in [0.05, 0.1) is 16.8 Å². The van der Waals surface area contributed by atoms with Crippen LogP contribution in [0.1, 0.15) is 24.8 Å². The van der Waals surface area contributed by atoms with Crippen LogP contribution in [0.25, 0.3) is 0 Å². The summed E-state index contributed by atoms with van der Waals surface area (Å²) >= 11 is 6.04. The second-order valence-corrected chi connectivity index (χ2v) is 4.88. The molecule has 1 amide bonds. The van der Waals surface area contributed by atoms with Crippen molar-refractivity contribution >= 4 is 35.6 Å². The van der Waals surface area contributed by atoms with Crippen LogP contribution < -0.4 is 10.6 Å². The number of amides is 1. The fourth-order valence-electron chi connectivity index (χ4n) is 2.03. The summed E-state index contributed by atoms with van der Waals surface area (Å²) in [4.78, 5) is 12.0. The van der Waals surface area contributed by atoms with Crippen molar-refractivity contribution in [2.45, 2.75) is 32.2 Å². The minimum atomic E-state index is -0.0830. The van der Waals surface area contributed by atoms with E-state index >= 15 is 0 Å². The van der Waals surface area contributed by atoms with E-state index in [-0.39, 0.29) is 24.4 Å². The molecule has 1 fully saturated rings. The SMILES string of the molecule is Cc1ccc(Cl)c(NC(=O)C2CCCCN2)c1.Cl. The van der Waals surface area contributed by atoms with Crippen molar-refractivity contribution in [3.63, 3.8) is 0 Å². The summed E-state index contributed by atoms with van der Waals surface area (Å²) in [5.41, 5.74) is 1.78. The summed E-state index contributed by atoms with van der Waals surface area (Å²) in [5, 5.41) is 6.69. The van der Waals surface area contributed by atoms with E-state index in [9.17, 15) is 4.79 Å². The molecule has 1 atom stereocenters. The smallest absolute Gasteiger partial charge is 0.241 e. The number of piperidine rings is 1. The average Bonchev–Trinajstić information content (AvgIpc) is 2.35. The van der Waals surface area contributed by atoms with Gasteiger partial charge in [0.15, 0.2) is 0 Å². The van der Waals surface area contributed by atoms with Crippen LogP contribution >= 0.6 is 24.0 Å². The van der Waals surface area contributed by atoms with Gasteiger partial charge in [-0.15, -0.1) is 12.4 Å². The van der Waals surface area contributed by atoms with Gasteiger partial charge in [0, 0.05) is 0 Å². The number of halogens is 2. The molecule has 5 heteroatoms. The Bertz CT molecular complexity index is 417. The zero-order valence-electron chi connectivity index (χ0n) is 10.3. The lowest BCUT2D eigenvalue weighted by molar-refractivity contribution is -0.118. The predicted octanol–water partition coefficient (Wildman–Crippen LogP) is 3.15. The first-order valence-corrected chi connectivity index (χ1v) is 6.35. The van der Waals surface area contributed by atoms with Gasteiger partial charge in [0.25, 0.3) is 0 Å². The van der Waals surface area contributed by atoms with E-state index < -0.39 is 0 Å². The molecule has 0 spiro atoms. The van der Waals surface area contributed by atoms with Crippen molar-refractivity contribution in [1.29, 1.82) is 0 Å². The minimum Gasteiger partial charge on any atom is -0.323 e. The van der Waals surface area contributed by atoms with Crippen molar-refractivity contribution < 1.29 is 4.79 Å². The third-order valence-electron chi connectivity index (χ3n) is 3.01. The molecule has 0 radical (unpaired) electrons. The molecule has 3 nitrogen and oxygen atoms in total. The van der Waals surface area contributed by atoms with Crippen LogP contribution in [0.4, 0.5) is 5.69 Å². The quantitative estimate of drug-likeness (QED) is 0.878. The minimum absolute atomic E-state index is 0. The number of hydrogen-bond donors (Lipinski definition) is 2. The van der Waals surface area contributed by atoms with Gasteiger partial charge < -0.3 is 10.6 Å². The second-order valence-electron chi connectivity index (χ2n) is 4.48. The Morgan fingerprint density at radius 1 is 1.44 bits per heavy atom. The van der Waals surface area contributed by atoms with Crippen LogP contribution in [0.5, 0.6) is 0 Å². The van der Waals surface area contributed by atoms with Crippen LogP contribution in [0.15, 0.2) is 18.2 Å². The number of aryl methyl sites for hydroxylation is 1. The maximum absolute atomic E-state index is 12.0. The molecule has 0 saturated carbocycles. The Hall–Kier alpha value is -0.770. The summed E-state index contributed by atoms with van der Waals surface area (Å²) in [6.45, 7) is 2.89. The number of carbonyl (C=O) groups is 1. The molecule has 1 aromatic rings. The summed E-state index contributed by atoms with van der Waals surface area (Å²) in [7, 11) is 0. The van der Waals surface area contributed by atoms with E-state index in [2.05, 4.69) is 10.6 Å². The van der Waals surface area contributed by atoms with Crippen molar-refractivity contribution in [3.05, 3.63) is 28.8 Å². The van der Waals surface area contributed by atoms with Gasteiger partial charge in [0.1, 0.15) is 0 Å². The molecule has 18 heavy (non-hydrogen) atoms. The molecule has 1 heterocycles. The van der Waals surface area contributed by atoms with E-state index in [1.165, 1.54) is 0 Å². The zero-order chi connectivity index (χ0) is 12.3. The lowest BCUT2D eigenvalue weighted by atomic mass is 10.0. The summed E-state index contributed by atoms with van der Waals surface area (Å²) in [5.74, 6) is 0.0113. The van der Waals surface area contributed by atoms with Gasteiger partial charge in [-0.1, -0.05) is 24.1 Å². The Kier molecular flexibility index (Phi) is 5.93. The molecule has 1 aromatic carbocycles. The van der Waals surface area contributed by atoms with E-state index in [1.54, 1.807) is 6.07 Å². The molecule has 1 unspecified atom stereocenters. The Balaban J connectivity index is 0.00000162. The third-order valence-corrected chi connectivity index (χ3v) is 3.34. The molecule has 0 aliphatic carbocycles. The van der Waals surface area contributed by atoms with Gasteiger partial charge >= 0.3 is 0 Å². The first kappa shape index (κ1) is 15.3. The maximum Gasteiger partial charge on any atom is 0.241 e. The fraction of sp³-hybridized carbons (Fsp3) is 0.462. The monoisotopic (exact) mass is 288 g/mol. The topological polar surface area (TPSA) is 41.1 Å².